The van der Waals surface area contributed by atoms with Crippen LogP contribution in [0.1, 0.15) is 17.5 Å². The van der Waals surface area contributed by atoms with Gasteiger partial charge in [0.25, 0.3) is 5.56 Å². The molecule has 0 spiro atoms. The van der Waals surface area contributed by atoms with Gasteiger partial charge < -0.3 is 5.11 Å². The molecule has 1 aromatic carbocycles. The molecule has 11 nitrogen and oxygen atoms in total. The molecule has 12 heteroatoms. The van der Waals surface area contributed by atoms with Gasteiger partial charge in [0.05, 0.1) is 13.1 Å². The predicted octanol–water partition coefficient (Wildman–Crippen LogP) is -0.0532. The second-order valence-corrected chi connectivity index (χ2v) is 6.33. The largest absolute Gasteiger partial charge is 0.386 e. The summed E-state index contributed by atoms with van der Waals surface area (Å²) >= 11 is 5.84. The van der Waals surface area contributed by atoms with Gasteiger partial charge in [0.15, 0.2) is 11.3 Å². The Morgan fingerprint density at radius 2 is 1.96 bits per heavy atom. The number of aliphatic hydroxyl groups excluding tert-OH is 1. The minimum Gasteiger partial charge on any atom is -0.386 e. The first-order chi connectivity index (χ1) is 13.0. The van der Waals surface area contributed by atoms with Gasteiger partial charge in [-0.2, -0.15) is 4.80 Å². The van der Waals surface area contributed by atoms with Crippen molar-refractivity contribution in [3.05, 3.63) is 57.4 Å². The Hall–Kier alpha value is -3.18. The number of rotatable bonds is 5. The SMILES string of the molecule is Cn1nnc2ncn(Cc3nnn(C[C@H](O)c4ccc(Cl)cc4)n3)c(=O)c21. The van der Waals surface area contributed by atoms with Crippen LogP contribution in [0.4, 0.5) is 0 Å². The summed E-state index contributed by atoms with van der Waals surface area (Å²) in [6, 6.07) is 6.85. The molecule has 3 heterocycles. The summed E-state index contributed by atoms with van der Waals surface area (Å²) in [5.74, 6) is 0.316. The van der Waals surface area contributed by atoms with Crippen molar-refractivity contribution in [3.8, 4) is 0 Å². The molecular formula is C15H14ClN9O2. The Morgan fingerprint density at radius 1 is 1.19 bits per heavy atom. The molecule has 1 atom stereocenters. The molecule has 0 fully saturated rings. The third kappa shape index (κ3) is 3.41. The van der Waals surface area contributed by atoms with Crippen molar-refractivity contribution in [1.82, 2.24) is 44.8 Å². The molecule has 4 rings (SSSR count). The number of benzene rings is 1. The third-order valence-corrected chi connectivity index (χ3v) is 4.24. The van der Waals surface area contributed by atoms with Crippen LogP contribution in [0.3, 0.4) is 0 Å². The van der Waals surface area contributed by atoms with Crippen LogP contribution in [-0.4, -0.2) is 49.9 Å². The van der Waals surface area contributed by atoms with E-state index in [1.807, 2.05) is 0 Å². The first-order valence-electron chi connectivity index (χ1n) is 7.96. The molecule has 0 amide bonds. The number of aliphatic hydroxyl groups is 1. The van der Waals surface area contributed by atoms with Gasteiger partial charge in [-0.1, -0.05) is 28.9 Å². The van der Waals surface area contributed by atoms with E-state index in [1.54, 1.807) is 31.3 Å². The fourth-order valence-electron chi connectivity index (χ4n) is 2.61. The normalized spacial score (nSPS) is 12.6. The van der Waals surface area contributed by atoms with Crippen LogP contribution >= 0.6 is 11.6 Å². The number of nitrogens with zero attached hydrogens (tertiary/aromatic N) is 9. The fraction of sp³-hybridized carbons (Fsp3) is 0.267. The highest BCUT2D eigenvalue weighted by atomic mass is 35.5. The highest BCUT2D eigenvalue weighted by molar-refractivity contribution is 6.30. The smallest absolute Gasteiger partial charge is 0.281 e. The van der Waals surface area contributed by atoms with Gasteiger partial charge in [0.1, 0.15) is 12.4 Å². The number of aromatic nitrogens is 9. The van der Waals surface area contributed by atoms with E-state index in [0.29, 0.717) is 21.9 Å². The van der Waals surface area contributed by atoms with Crippen LogP contribution in [0.2, 0.25) is 5.02 Å². The van der Waals surface area contributed by atoms with Gasteiger partial charge >= 0.3 is 0 Å². The molecule has 3 aromatic heterocycles. The topological polar surface area (TPSA) is 129 Å². The molecule has 0 aliphatic heterocycles. The minimum atomic E-state index is -0.814. The molecule has 0 unspecified atom stereocenters. The van der Waals surface area contributed by atoms with E-state index in [0.717, 1.165) is 0 Å². The number of halogens is 1. The summed E-state index contributed by atoms with van der Waals surface area (Å²) in [4.78, 5) is 17.9. The maximum absolute atomic E-state index is 12.5. The molecule has 4 aromatic rings. The highest BCUT2D eigenvalue weighted by Gasteiger charge is 2.14. The van der Waals surface area contributed by atoms with Crippen molar-refractivity contribution in [1.29, 1.82) is 0 Å². The van der Waals surface area contributed by atoms with Crippen molar-refractivity contribution in [2.24, 2.45) is 7.05 Å². The molecule has 138 valence electrons. The van der Waals surface area contributed by atoms with E-state index in [4.69, 9.17) is 11.6 Å². The standard InChI is InChI=1S/C15H14ClN9O2/c1-23-13-14(19-21-23)17-8-24(15(13)27)7-12-18-22-25(20-12)6-11(26)9-2-4-10(16)5-3-9/h2-5,8,11,26H,6-7H2,1H3/t11-/m0/s1. The second kappa shape index (κ2) is 6.85. The molecule has 0 saturated carbocycles. The monoisotopic (exact) mass is 387 g/mol. The van der Waals surface area contributed by atoms with Gasteiger partial charge in [0.2, 0.25) is 5.65 Å². The number of tetrazole rings is 1. The van der Waals surface area contributed by atoms with E-state index < -0.39 is 6.10 Å². The van der Waals surface area contributed by atoms with Gasteiger partial charge in [0, 0.05) is 12.1 Å². The van der Waals surface area contributed by atoms with Crippen LogP contribution < -0.4 is 5.56 Å². The predicted molar refractivity (Wildman–Crippen MR) is 93.9 cm³/mol. The van der Waals surface area contributed by atoms with Crippen molar-refractivity contribution in [3.63, 3.8) is 0 Å². The van der Waals surface area contributed by atoms with E-state index >= 15 is 0 Å². The van der Waals surface area contributed by atoms with E-state index in [1.165, 1.54) is 20.4 Å². The lowest BCUT2D eigenvalue weighted by molar-refractivity contribution is 0.144. The van der Waals surface area contributed by atoms with Gasteiger partial charge in [-0.25, -0.2) is 9.67 Å². The van der Waals surface area contributed by atoms with Gasteiger partial charge in [-0.3, -0.25) is 9.36 Å². The first kappa shape index (κ1) is 17.2. The lowest BCUT2D eigenvalue weighted by Gasteiger charge is -2.09. The zero-order valence-electron chi connectivity index (χ0n) is 14.1. The summed E-state index contributed by atoms with van der Waals surface area (Å²) in [5.41, 5.74) is 0.961. The van der Waals surface area contributed by atoms with Crippen LogP contribution in [0, 0.1) is 0 Å². The Morgan fingerprint density at radius 3 is 2.74 bits per heavy atom. The summed E-state index contributed by atoms with van der Waals surface area (Å²) in [5, 5.41) is 30.5. The number of aryl methyl sites for hydroxylation is 1. The van der Waals surface area contributed by atoms with Crippen molar-refractivity contribution in [2.75, 3.05) is 0 Å². The fourth-order valence-corrected chi connectivity index (χ4v) is 2.73. The Labute approximate surface area is 156 Å². The Balaban J connectivity index is 1.51. The maximum atomic E-state index is 12.5. The lowest BCUT2D eigenvalue weighted by atomic mass is 10.1. The minimum absolute atomic E-state index is 0.0873. The number of hydrogen-bond acceptors (Lipinski definition) is 8. The molecule has 27 heavy (non-hydrogen) atoms. The second-order valence-electron chi connectivity index (χ2n) is 5.89. The van der Waals surface area contributed by atoms with Crippen LogP contribution in [0.25, 0.3) is 11.2 Å². The van der Waals surface area contributed by atoms with Crippen molar-refractivity contribution >= 4 is 22.8 Å². The number of fused-ring (bicyclic) bond motifs is 1. The average molecular weight is 388 g/mol. The molecule has 0 aliphatic carbocycles. The van der Waals surface area contributed by atoms with E-state index in [2.05, 4.69) is 30.7 Å². The summed E-state index contributed by atoms with van der Waals surface area (Å²) in [6.45, 7) is 0.205. The van der Waals surface area contributed by atoms with Crippen LogP contribution in [-0.2, 0) is 20.1 Å². The van der Waals surface area contributed by atoms with E-state index in [-0.39, 0.29) is 24.3 Å². The van der Waals surface area contributed by atoms with Crippen molar-refractivity contribution in [2.45, 2.75) is 19.2 Å². The van der Waals surface area contributed by atoms with Crippen LogP contribution in [0.5, 0.6) is 0 Å². The Kier molecular flexibility index (Phi) is 4.38. The van der Waals surface area contributed by atoms with E-state index in [9.17, 15) is 9.90 Å². The average Bonchev–Trinajstić information content (AvgIpc) is 3.25. The third-order valence-electron chi connectivity index (χ3n) is 3.99. The molecule has 0 radical (unpaired) electrons. The zero-order valence-corrected chi connectivity index (χ0v) is 14.9. The molecule has 0 aliphatic rings. The number of hydrogen-bond donors (Lipinski definition) is 1. The Bertz CT molecular complexity index is 1150. The summed E-state index contributed by atoms with van der Waals surface area (Å²) < 4.78 is 2.72. The lowest BCUT2D eigenvalue weighted by Crippen LogP contribution is -2.23. The van der Waals surface area contributed by atoms with Crippen LogP contribution in [0.15, 0.2) is 35.4 Å². The molecule has 0 bridgehead atoms. The molecular weight excluding hydrogens is 374 g/mol. The quantitative estimate of drug-likeness (QED) is 0.504. The molecule has 1 N–H and O–H groups in total. The molecule has 0 saturated heterocycles. The van der Waals surface area contributed by atoms with Gasteiger partial charge in [-0.05, 0) is 22.9 Å². The maximum Gasteiger partial charge on any atom is 0.281 e. The van der Waals surface area contributed by atoms with Gasteiger partial charge in [-0.15, -0.1) is 15.3 Å². The first-order valence-corrected chi connectivity index (χ1v) is 8.34. The summed E-state index contributed by atoms with van der Waals surface area (Å²) in [6.07, 6.45) is 0.549. The highest BCUT2D eigenvalue weighted by Crippen LogP contribution is 2.17. The van der Waals surface area contributed by atoms with Crippen molar-refractivity contribution < 1.29 is 5.11 Å². The zero-order chi connectivity index (χ0) is 19.0. The summed E-state index contributed by atoms with van der Waals surface area (Å²) in [7, 11) is 1.62.